The Hall–Kier alpha value is -2.34. The van der Waals surface area contributed by atoms with Gasteiger partial charge in [0.15, 0.2) is 6.04 Å². The molecule has 2 aromatic rings. The molecule has 0 bridgehead atoms. The monoisotopic (exact) mass is 322 g/mol. The van der Waals surface area contributed by atoms with E-state index in [1.165, 1.54) is 7.11 Å². The molecule has 6 nitrogen and oxygen atoms in total. The Labute approximate surface area is 132 Å². The normalized spacial score (nSPS) is 11.8. The van der Waals surface area contributed by atoms with Gasteiger partial charge in [-0.25, -0.2) is 4.79 Å². The fourth-order valence-electron chi connectivity index (χ4n) is 1.97. The van der Waals surface area contributed by atoms with Crippen molar-refractivity contribution in [3.05, 3.63) is 52.4 Å². The second-order valence-electron chi connectivity index (χ2n) is 4.65. The fourth-order valence-corrected chi connectivity index (χ4v) is 2.21. The van der Waals surface area contributed by atoms with E-state index in [0.29, 0.717) is 22.0 Å². The minimum absolute atomic E-state index is 0.00468. The van der Waals surface area contributed by atoms with Gasteiger partial charge in [-0.1, -0.05) is 35.0 Å². The highest BCUT2D eigenvalue weighted by Crippen LogP contribution is 2.23. The number of amides is 1. The number of hydrogen-bond acceptors (Lipinski definition) is 5. The summed E-state index contributed by atoms with van der Waals surface area (Å²) in [6, 6.07) is 7.44. The molecule has 22 heavy (non-hydrogen) atoms. The molecule has 0 aliphatic carbocycles. The summed E-state index contributed by atoms with van der Waals surface area (Å²) in [5, 5.41) is 6.71. The summed E-state index contributed by atoms with van der Waals surface area (Å²) in [5.41, 5.74) is 0.957. The summed E-state index contributed by atoms with van der Waals surface area (Å²) in [4.78, 5) is 24.0. The SMILES string of the molecule is COC(=O)[C@@H](NC(=O)Cc1cc(C)on1)c1ccccc1Cl. The third-order valence-electron chi connectivity index (χ3n) is 2.98. The Kier molecular flexibility index (Phi) is 5.16. The number of ether oxygens (including phenoxy) is 1. The quantitative estimate of drug-likeness (QED) is 0.853. The van der Waals surface area contributed by atoms with Gasteiger partial charge in [-0.2, -0.15) is 0 Å². The van der Waals surface area contributed by atoms with Crippen LogP contribution in [0.25, 0.3) is 0 Å². The minimum Gasteiger partial charge on any atom is -0.467 e. The molecular weight excluding hydrogens is 308 g/mol. The summed E-state index contributed by atoms with van der Waals surface area (Å²) in [6.45, 7) is 1.73. The molecule has 1 atom stereocenters. The highest BCUT2D eigenvalue weighted by atomic mass is 35.5. The van der Waals surface area contributed by atoms with Crippen molar-refractivity contribution in [3.8, 4) is 0 Å². The standard InChI is InChI=1S/C15H15ClN2O4/c1-9-7-10(18-22-9)8-13(19)17-14(15(20)21-2)11-5-3-4-6-12(11)16/h3-7,14H,8H2,1-2H3,(H,17,19)/t14-/m0/s1. The molecule has 0 saturated carbocycles. The molecule has 0 aliphatic heterocycles. The zero-order valence-corrected chi connectivity index (χ0v) is 12.9. The number of carbonyl (C=O) groups is 2. The van der Waals surface area contributed by atoms with Crippen LogP contribution >= 0.6 is 11.6 Å². The lowest BCUT2D eigenvalue weighted by atomic mass is 10.1. The van der Waals surface area contributed by atoms with Crippen molar-refractivity contribution in [1.82, 2.24) is 10.5 Å². The molecule has 0 spiro atoms. The number of nitrogens with one attached hydrogen (secondary N) is 1. The van der Waals surface area contributed by atoms with Crippen LogP contribution in [0.1, 0.15) is 23.1 Å². The van der Waals surface area contributed by atoms with Gasteiger partial charge in [0.2, 0.25) is 5.91 Å². The zero-order chi connectivity index (χ0) is 16.1. The van der Waals surface area contributed by atoms with E-state index in [1.807, 2.05) is 0 Å². The van der Waals surface area contributed by atoms with Crippen LogP contribution in [-0.4, -0.2) is 24.1 Å². The molecule has 116 valence electrons. The van der Waals surface area contributed by atoms with Crippen molar-refractivity contribution in [1.29, 1.82) is 0 Å². The molecule has 1 aromatic carbocycles. The molecule has 0 aliphatic rings. The van der Waals surface area contributed by atoms with Gasteiger partial charge in [0.1, 0.15) is 5.76 Å². The van der Waals surface area contributed by atoms with Crippen molar-refractivity contribution < 1.29 is 18.8 Å². The molecule has 1 heterocycles. The first-order chi connectivity index (χ1) is 10.5. The Morgan fingerprint density at radius 3 is 2.73 bits per heavy atom. The molecule has 1 N–H and O–H groups in total. The van der Waals surface area contributed by atoms with Crippen LogP contribution < -0.4 is 5.32 Å². The highest BCUT2D eigenvalue weighted by molar-refractivity contribution is 6.31. The lowest BCUT2D eigenvalue weighted by Crippen LogP contribution is -2.35. The van der Waals surface area contributed by atoms with E-state index in [9.17, 15) is 9.59 Å². The number of rotatable bonds is 5. The Balaban J connectivity index is 2.15. The zero-order valence-electron chi connectivity index (χ0n) is 12.1. The number of methoxy groups -OCH3 is 1. The maximum atomic E-state index is 12.1. The fraction of sp³-hybridized carbons (Fsp3) is 0.267. The molecular formula is C15H15ClN2O4. The van der Waals surface area contributed by atoms with Gasteiger partial charge in [-0.15, -0.1) is 0 Å². The predicted octanol–water partition coefficient (Wildman–Crippen LogP) is 2.21. The maximum Gasteiger partial charge on any atom is 0.333 e. The first-order valence-corrected chi connectivity index (χ1v) is 6.93. The number of carbonyl (C=O) groups excluding carboxylic acids is 2. The number of aryl methyl sites for hydroxylation is 1. The summed E-state index contributed by atoms with van der Waals surface area (Å²) in [7, 11) is 1.25. The second kappa shape index (κ2) is 7.09. The van der Waals surface area contributed by atoms with Crippen LogP contribution in [0.15, 0.2) is 34.9 Å². The van der Waals surface area contributed by atoms with E-state index in [2.05, 4.69) is 10.5 Å². The molecule has 0 radical (unpaired) electrons. The predicted molar refractivity (Wildman–Crippen MR) is 79.3 cm³/mol. The smallest absolute Gasteiger partial charge is 0.333 e. The first-order valence-electron chi connectivity index (χ1n) is 6.55. The molecule has 0 unspecified atom stereocenters. The van der Waals surface area contributed by atoms with Gasteiger partial charge in [0.25, 0.3) is 0 Å². The number of esters is 1. The minimum atomic E-state index is -0.973. The lowest BCUT2D eigenvalue weighted by molar-refractivity contribution is -0.145. The average molecular weight is 323 g/mol. The van der Waals surface area contributed by atoms with Crippen LogP contribution in [0.5, 0.6) is 0 Å². The van der Waals surface area contributed by atoms with E-state index in [1.54, 1.807) is 37.3 Å². The number of hydrogen-bond donors (Lipinski definition) is 1. The Morgan fingerprint density at radius 1 is 1.41 bits per heavy atom. The largest absolute Gasteiger partial charge is 0.467 e. The van der Waals surface area contributed by atoms with E-state index in [4.69, 9.17) is 20.9 Å². The number of benzene rings is 1. The molecule has 7 heteroatoms. The Morgan fingerprint density at radius 2 is 2.14 bits per heavy atom. The van der Waals surface area contributed by atoms with E-state index in [0.717, 1.165) is 0 Å². The van der Waals surface area contributed by atoms with E-state index in [-0.39, 0.29) is 12.3 Å². The molecule has 2 rings (SSSR count). The Bertz CT molecular complexity index is 684. The summed E-state index contributed by atoms with van der Waals surface area (Å²) < 4.78 is 9.63. The second-order valence-corrected chi connectivity index (χ2v) is 5.06. The van der Waals surface area contributed by atoms with Gasteiger partial charge in [-0.05, 0) is 13.0 Å². The number of aromatic nitrogens is 1. The van der Waals surface area contributed by atoms with Gasteiger partial charge >= 0.3 is 5.97 Å². The number of nitrogens with zero attached hydrogens (tertiary/aromatic N) is 1. The molecule has 0 fully saturated rings. The first kappa shape index (κ1) is 16.0. The lowest BCUT2D eigenvalue weighted by Gasteiger charge is -2.17. The summed E-state index contributed by atoms with van der Waals surface area (Å²) in [5.74, 6) is -0.375. The van der Waals surface area contributed by atoms with Crippen molar-refractivity contribution in [2.45, 2.75) is 19.4 Å². The van der Waals surface area contributed by atoms with Crippen molar-refractivity contribution in [2.75, 3.05) is 7.11 Å². The van der Waals surface area contributed by atoms with Crippen LogP contribution in [0.2, 0.25) is 5.02 Å². The van der Waals surface area contributed by atoms with Crippen LogP contribution in [0.4, 0.5) is 0 Å². The highest BCUT2D eigenvalue weighted by Gasteiger charge is 2.25. The van der Waals surface area contributed by atoms with Crippen molar-refractivity contribution in [2.24, 2.45) is 0 Å². The van der Waals surface area contributed by atoms with E-state index < -0.39 is 12.0 Å². The maximum absolute atomic E-state index is 12.1. The van der Waals surface area contributed by atoms with Gasteiger partial charge < -0.3 is 14.6 Å². The van der Waals surface area contributed by atoms with Crippen molar-refractivity contribution >= 4 is 23.5 Å². The van der Waals surface area contributed by atoms with Gasteiger partial charge in [0.05, 0.1) is 19.2 Å². The third kappa shape index (κ3) is 3.85. The summed E-state index contributed by atoms with van der Waals surface area (Å²) in [6.07, 6.45) is -0.00468. The molecule has 0 saturated heterocycles. The van der Waals surface area contributed by atoms with E-state index >= 15 is 0 Å². The van der Waals surface area contributed by atoms with Crippen LogP contribution in [0, 0.1) is 6.92 Å². The molecule has 1 amide bonds. The molecule has 1 aromatic heterocycles. The topological polar surface area (TPSA) is 81.4 Å². The third-order valence-corrected chi connectivity index (χ3v) is 3.32. The van der Waals surface area contributed by atoms with Gasteiger partial charge in [0, 0.05) is 16.7 Å². The van der Waals surface area contributed by atoms with Crippen LogP contribution in [-0.2, 0) is 20.7 Å². The van der Waals surface area contributed by atoms with Crippen molar-refractivity contribution in [3.63, 3.8) is 0 Å². The average Bonchev–Trinajstić information content (AvgIpc) is 2.90. The van der Waals surface area contributed by atoms with Crippen LogP contribution in [0.3, 0.4) is 0 Å². The number of halogens is 1. The summed E-state index contributed by atoms with van der Waals surface area (Å²) >= 11 is 6.08. The van der Waals surface area contributed by atoms with Gasteiger partial charge in [-0.3, -0.25) is 4.79 Å².